The minimum atomic E-state index is -0.656. The first-order chi connectivity index (χ1) is 9.35. The van der Waals surface area contributed by atoms with E-state index in [1.54, 1.807) is 20.1 Å². The molecule has 112 valence electrons. The van der Waals surface area contributed by atoms with Gasteiger partial charge in [0.25, 0.3) is 0 Å². The molecule has 0 atom stereocenters. The lowest BCUT2D eigenvalue weighted by Crippen LogP contribution is -2.20. The fourth-order valence-corrected chi connectivity index (χ4v) is 1.84. The molecule has 0 amide bonds. The number of halogens is 1. The van der Waals surface area contributed by atoms with E-state index in [2.05, 4.69) is 0 Å². The zero-order valence-corrected chi connectivity index (χ0v) is 12.6. The van der Waals surface area contributed by atoms with E-state index in [4.69, 9.17) is 14.2 Å². The van der Waals surface area contributed by atoms with Gasteiger partial charge in [0.1, 0.15) is 0 Å². The SMILES string of the molecule is CCOC(=O)Cc1cc(C(C)(C)OC)cc(F)c1OC. The van der Waals surface area contributed by atoms with E-state index >= 15 is 0 Å². The highest BCUT2D eigenvalue weighted by molar-refractivity contribution is 5.73. The molecule has 0 radical (unpaired) electrons. The molecule has 0 N–H and O–H groups in total. The number of hydrogen-bond acceptors (Lipinski definition) is 4. The quantitative estimate of drug-likeness (QED) is 0.754. The van der Waals surface area contributed by atoms with Crippen LogP contribution in [0.4, 0.5) is 4.39 Å². The van der Waals surface area contributed by atoms with Crippen molar-refractivity contribution in [3.8, 4) is 5.75 Å². The Morgan fingerprint density at radius 3 is 2.45 bits per heavy atom. The molecular weight excluding hydrogens is 263 g/mol. The first-order valence-electron chi connectivity index (χ1n) is 6.43. The Balaban J connectivity index is 3.22. The van der Waals surface area contributed by atoms with Gasteiger partial charge in [-0.1, -0.05) is 0 Å². The summed E-state index contributed by atoms with van der Waals surface area (Å²) in [5, 5.41) is 0. The average molecular weight is 284 g/mol. The van der Waals surface area contributed by atoms with Crippen LogP contribution in [0.1, 0.15) is 31.9 Å². The average Bonchev–Trinajstić information content (AvgIpc) is 2.38. The molecule has 0 bridgehead atoms. The number of rotatable bonds is 6. The molecule has 0 fully saturated rings. The van der Waals surface area contributed by atoms with Crippen molar-refractivity contribution in [2.75, 3.05) is 20.8 Å². The van der Waals surface area contributed by atoms with Crippen LogP contribution < -0.4 is 4.74 Å². The normalized spacial score (nSPS) is 11.3. The lowest BCUT2D eigenvalue weighted by Gasteiger charge is -2.25. The van der Waals surface area contributed by atoms with E-state index in [0.717, 1.165) is 0 Å². The van der Waals surface area contributed by atoms with Gasteiger partial charge in [-0.25, -0.2) is 4.39 Å². The fraction of sp³-hybridized carbons (Fsp3) is 0.533. The molecule has 1 aromatic rings. The van der Waals surface area contributed by atoms with Gasteiger partial charge in [0.05, 0.1) is 25.7 Å². The van der Waals surface area contributed by atoms with E-state index in [9.17, 15) is 9.18 Å². The molecule has 5 heteroatoms. The summed E-state index contributed by atoms with van der Waals surface area (Å²) in [5.41, 5.74) is 0.431. The maximum atomic E-state index is 14.1. The van der Waals surface area contributed by atoms with Crippen LogP contribution >= 0.6 is 0 Å². The first-order valence-corrected chi connectivity index (χ1v) is 6.43. The molecular formula is C15H21FO4. The summed E-state index contributed by atoms with van der Waals surface area (Å²) in [6.45, 7) is 5.65. The van der Waals surface area contributed by atoms with Crippen LogP contribution in [0.15, 0.2) is 12.1 Å². The molecule has 0 aliphatic carbocycles. The highest BCUT2D eigenvalue weighted by atomic mass is 19.1. The Hall–Kier alpha value is -1.62. The number of carbonyl (C=O) groups excluding carboxylic acids is 1. The second-order valence-electron chi connectivity index (χ2n) is 4.85. The fourth-order valence-electron chi connectivity index (χ4n) is 1.84. The molecule has 0 aromatic heterocycles. The van der Waals surface area contributed by atoms with Crippen LogP contribution in [-0.4, -0.2) is 26.8 Å². The zero-order chi connectivity index (χ0) is 15.3. The zero-order valence-electron chi connectivity index (χ0n) is 12.6. The lowest BCUT2D eigenvalue weighted by molar-refractivity contribution is -0.142. The molecule has 0 aliphatic rings. The van der Waals surface area contributed by atoms with Gasteiger partial charge in [0.15, 0.2) is 11.6 Å². The maximum absolute atomic E-state index is 14.1. The largest absolute Gasteiger partial charge is 0.493 e. The van der Waals surface area contributed by atoms with Gasteiger partial charge in [-0.15, -0.1) is 0 Å². The number of carbonyl (C=O) groups is 1. The van der Waals surface area contributed by atoms with Crippen molar-refractivity contribution in [2.24, 2.45) is 0 Å². The summed E-state index contributed by atoms with van der Waals surface area (Å²) in [5.74, 6) is -0.874. The monoisotopic (exact) mass is 284 g/mol. The Bertz CT molecular complexity index is 483. The first kappa shape index (κ1) is 16.4. The summed E-state index contributed by atoms with van der Waals surface area (Å²) in [6, 6.07) is 3.07. The minimum Gasteiger partial charge on any atom is -0.493 e. The second kappa shape index (κ2) is 6.70. The summed E-state index contributed by atoms with van der Waals surface area (Å²) in [7, 11) is 2.92. The molecule has 0 unspecified atom stereocenters. The lowest BCUT2D eigenvalue weighted by atomic mass is 9.94. The van der Waals surface area contributed by atoms with E-state index in [1.165, 1.54) is 13.2 Å². The molecule has 20 heavy (non-hydrogen) atoms. The van der Waals surface area contributed by atoms with Gasteiger partial charge in [0, 0.05) is 12.7 Å². The molecule has 0 saturated heterocycles. The van der Waals surface area contributed by atoms with Crippen molar-refractivity contribution in [3.63, 3.8) is 0 Å². The van der Waals surface area contributed by atoms with E-state index in [-0.39, 0.29) is 18.8 Å². The molecule has 0 spiro atoms. The third-order valence-corrected chi connectivity index (χ3v) is 3.17. The summed E-state index contributed by atoms with van der Waals surface area (Å²) < 4.78 is 29.3. The highest BCUT2D eigenvalue weighted by Gasteiger charge is 2.24. The molecule has 4 nitrogen and oxygen atoms in total. The molecule has 0 aliphatic heterocycles. The number of hydrogen-bond donors (Lipinski definition) is 0. The maximum Gasteiger partial charge on any atom is 0.310 e. The number of esters is 1. The van der Waals surface area contributed by atoms with Gasteiger partial charge < -0.3 is 14.2 Å². The van der Waals surface area contributed by atoms with Gasteiger partial charge >= 0.3 is 5.97 Å². The Morgan fingerprint density at radius 1 is 1.30 bits per heavy atom. The Kier molecular flexibility index (Phi) is 5.51. The third kappa shape index (κ3) is 3.70. The molecule has 0 heterocycles. The topological polar surface area (TPSA) is 44.8 Å². The van der Waals surface area contributed by atoms with Crippen molar-refractivity contribution >= 4 is 5.97 Å². The highest BCUT2D eigenvalue weighted by Crippen LogP contribution is 2.31. The summed E-state index contributed by atoms with van der Waals surface area (Å²) in [4.78, 5) is 11.6. The molecule has 1 aromatic carbocycles. The van der Waals surface area contributed by atoms with Gasteiger partial charge in [-0.3, -0.25) is 4.79 Å². The van der Waals surface area contributed by atoms with Crippen molar-refractivity contribution in [3.05, 3.63) is 29.1 Å². The van der Waals surface area contributed by atoms with Crippen LogP contribution in [0.3, 0.4) is 0 Å². The van der Waals surface area contributed by atoms with Crippen LogP contribution in [0.5, 0.6) is 5.75 Å². The van der Waals surface area contributed by atoms with E-state index in [1.807, 2.05) is 13.8 Å². The van der Waals surface area contributed by atoms with Crippen molar-refractivity contribution in [1.82, 2.24) is 0 Å². The van der Waals surface area contributed by atoms with E-state index in [0.29, 0.717) is 11.1 Å². The van der Waals surface area contributed by atoms with Crippen molar-refractivity contribution < 1.29 is 23.4 Å². The Morgan fingerprint density at radius 2 is 1.95 bits per heavy atom. The predicted octanol–water partition coefficient (Wildman–Crippen LogP) is 2.82. The smallest absolute Gasteiger partial charge is 0.310 e. The number of ether oxygens (including phenoxy) is 3. The Labute approximate surface area is 118 Å². The number of methoxy groups -OCH3 is 2. The van der Waals surface area contributed by atoms with Gasteiger partial charge in [-0.2, -0.15) is 0 Å². The predicted molar refractivity (Wildman–Crippen MR) is 73.3 cm³/mol. The number of benzene rings is 1. The van der Waals surface area contributed by atoms with Crippen molar-refractivity contribution in [2.45, 2.75) is 32.8 Å². The summed E-state index contributed by atoms with van der Waals surface area (Å²) >= 11 is 0. The summed E-state index contributed by atoms with van der Waals surface area (Å²) in [6.07, 6.45) is -0.0401. The van der Waals surface area contributed by atoms with Crippen LogP contribution in [0.2, 0.25) is 0 Å². The molecule has 0 saturated carbocycles. The molecule has 1 rings (SSSR count). The van der Waals surface area contributed by atoms with Gasteiger partial charge in [-0.05, 0) is 38.5 Å². The standard InChI is InChI=1S/C15H21FO4/c1-6-20-13(17)8-10-7-11(15(2,3)19-5)9-12(16)14(10)18-4/h7,9H,6,8H2,1-5H3. The van der Waals surface area contributed by atoms with Crippen LogP contribution in [0.25, 0.3) is 0 Å². The second-order valence-corrected chi connectivity index (χ2v) is 4.85. The van der Waals surface area contributed by atoms with Crippen LogP contribution in [0, 0.1) is 5.82 Å². The van der Waals surface area contributed by atoms with Crippen molar-refractivity contribution in [1.29, 1.82) is 0 Å². The third-order valence-electron chi connectivity index (χ3n) is 3.17. The van der Waals surface area contributed by atoms with E-state index < -0.39 is 17.4 Å². The van der Waals surface area contributed by atoms with Gasteiger partial charge in [0.2, 0.25) is 0 Å². The minimum absolute atomic E-state index is 0.0401. The van der Waals surface area contributed by atoms with Crippen LogP contribution in [-0.2, 0) is 26.3 Å².